The summed E-state index contributed by atoms with van der Waals surface area (Å²) in [4.78, 5) is 4.72. The molecule has 4 aromatic rings. The second-order valence-electron chi connectivity index (χ2n) is 8.61. The van der Waals surface area contributed by atoms with E-state index in [4.69, 9.17) is 26.1 Å². The lowest BCUT2D eigenvalue weighted by Crippen LogP contribution is -2.32. The maximum Gasteiger partial charge on any atom is 0.172 e. The summed E-state index contributed by atoms with van der Waals surface area (Å²) in [7, 11) is 1.64. The Bertz CT molecular complexity index is 1340. The van der Waals surface area contributed by atoms with Gasteiger partial charge in [0.25, 0.3) is 0 Å². The monoisotopic (exact) mass is 471 g/mol. The summed E-state index contributed by atoms with van der Waals surface area (Å²) in [6.07, 6.45) is 9.52. The number of nitrogens with zero attached hydrogens (tertiary/aromatic N) is 4. The van der Waals surface area contributed by atoms with Crippen LogP contribution < -0.4 is 26.6 Å². The number of hydrazine groups is 1. The molecule has 1 saturated carbocycles. The molecular weight excluding hydrogens is 442 g/mol. The van der Waals surface area contributed by atoms with Crippen molar-refractivity contribution < 1.29 is 9.47 Å². The maximum atomic E-state index is 6.03. The number of hydrogen-bond donors (Lipinski definition) is 3. The van der Waals surface area contributed by atoms with Crippen LogP contribution in [0.25, 0.3) is 16.8 Å². The molecular formula is C26H29N7O2. The minimum absolute atomic E-state index is 0.342. The van der Waals surface area contributed by atoms with Crippen molar-refractivity contribution in [1.29, 1.82) is 0 Å². The first-order valence-corrected chi connectivity index (χ1v) is 11.8. The second-order valence-corrected chi connectivity index (χ2v) is 8.61. The molecule has 0 bridgehead atoms. The van der Waals surface area contributed by atoms with Crippen LogP contribution >= 0.6 is 0 Å². The summed E-state index contributed by atoms with van der Waals surface area (Å²) in [6, 6.07) is 15.6. The van der Waals surface area contributed by atoms with E-state index >= 15 is 0 Å². The lowest BCUT2D eigenvalue weighted by Gasteiger charge is -2.25. The highest BCUT2D eigenvalue weighted by Gasteiger charge is 2.25. The van der Waals surface area contributed by atoms with E-state index in [-0.39, 0.29) is 0 Å². The van der Waals surface area contributed by atoms with Crippen LogP contribution in [0.5, 0.6) is 17.2 Å². The van der Waals surface area contributed by atoms with Crippen molar-refractivity contribution in [1.82, 2.24) is 20.0 Å². The minimum Gasteiger partial charge on any atom is -0.497 e. The van der Waals surface area contributed by atoms with Crippen molar-refractivity contribution in [3.8, 4) is 28.4 Å². The largest absolute Gasteiger partial charge is 0.497 e. The highest BCUT2D eigenvalue weighted by atomic mass is 16.5. The number of hydrogen-bond acceptors (Lipinski definition) is 7. The molecule has 0 atom stereocenters. The van der Waals surface area contributed by atoms with Crippen LogP contribution in [-0.2, 0) is 0 Å². The molecule has 0 unspecified atom stereocenters. The van der Waals surface area contributed by atoms with E-state index in [1.165, 1.54) is 19.3 Å². The number of amidine groups is 1. The highest BCUT2D eigenvalue weighted by Crippen LogP contribution is 2.39. The van der Waals surface area contributed by atoms with Gasteiger partial charge < -0.3 is 20.7 Å². The van der Waals surface area contributed by atoms with Gasteiger partial charge in [-0.15, -0.1) is 0 Å². The molecule has 0 radical (unpaired) electrons. The van der Waals surface area contributed by atoms with E-state index in [1.807, 2.05) is 47.1 Å². The zero-order chi connectivity index (χ0) is 24.2. The third kappa shape index (κ3) is 4.50. The number of ether oxygens (including phenoxy) is 2. The summed E-state index contributed by atoms with van der Waals surface area (Å²) >= 11 is 0. The van der Waals surface area contributed by atoms with Crippen molar-refractivity contribution in [2.45, 2.75) is 38.0 Å². The van der Waals surface area contributed by atoms with Gasteiger partial charge in [-0.1, -0.05) is 37.5 Å². The molecule has 0 aliphatic heterocycles. The lowest BCUT2D eigenvalue weighted by atomic mass is 9.84. The zero-order valence-corrected chi connectivity index (χ0v) is 19.6. The van der Waals surface area contributed by atoms with E-state index in [1.54, 1.807) is 13.3 Å². The first kappa shape index (κ1) is 22.7. The summed E-state index contributed by atoms with van der Waals surface area (Å²) < 4.78 is 13.2. The van der Waals surface area contributed by atoms with Gasteiger partial charge in [0.1, 0.15) is 17.2 Å². The number of hydrazone groups is 1. The Kier molecular flexibility index (Phi) is 6.49. The number of aromatic nitrogens is 3. The molecule has 5 rings (SSSR count). The summed E-state index contributed by atoms with van der Waals surface area (Å²) in [5.41, 5.74) is 7.14. The van der Waals surface area contributed by atoms with Gasteiger partial charge in [0, 0.05) is 23.7 Å². The fourth-order valence-electron chi connectivity index (χ4n) is 4.79. The number of nitrogens with two attached hydrogens (primary N) is 2. The molecule has 9 nitrogen and oxygen atoms in total. The Morgan fingerprint density at radius 2 is 1.80 bits per heavy atom. The van der Waals surface area contributed by atoms with E-state index in [9.17, 15) is 0 Å². The number of fused-ring (bicyclic) bond motifs is 1. The van der Waals surface area contributed by atoms with Gasteiger partial charge >= 0.3 is 0 Å². The molecule has 180 valence electrons. The van der Waals surface area contributed by atoms with E-state index in [2.05, 4.69) is 27.8 Å². The number of nitrogens with one attached hydrogen (secondary N) is 1. The maximum absolute atomic E-state index is 6.03. The van der Waals surface area contributed by atoms with Gasteiger partial charge in [-0.3, -0.25) is 0 Å². The zero-order valence-electron chi connectivity index (χ0n) is 19.6. The predicted octanol–water partition coefficient (Wildman–Crippen LogP) is 4.33. The van der Waals surface area contributed by atoms with Gasteiger partial charge in [-0.25, -0.2) is 15.3 Å². The van der Waals surface area contributed by atoms with Crippen LogP contribution in [0.4, 0.5) is 0 Å². The first-order chi connectivity index (χ1) is 17.2. The standard InChI is InChI=1S/C26H29N7O2/c1-34-20-8-5-9-21(14-20)35-19-12-10-17(11-13-19)22-15-29-26-23(25(31-27)32-28)16-30-33(26)24(22)18-6-3-2-4-7-18/h5,8-16,18H,2-4,6-7,27-28H2,1H3,(H,31,32). The van der Waals surface area contributed by atoms with Crippen LogP contribution in [0.3, 0.4) is 0 Å². The molecule has 0 amide bonds. The number of rotatable bonds is 6. The van der Waals surface area contributed by atoms with Crippen molar-refractivity contribution >= 4 is 11.5 Å². The van der Waals surface area contributed by atoms with E-state index in [0.717, 1.165) is 46.9 Å². The van der Waals surface area contributed by atoms with Gasteiger partial charge in [0.15, 0.2) is 11.5 Å². The van der Waals surface area contributed by atoms with Crippen molar-refractivity contribution in [3.05, 3.63) is 72.2 Å². The number of methoxy groups -OCH3 is 1. The Labute approximate surface area is 203 Å². The quantitative estimate of drug-likeness (QED) is 0.165. The van der Waals surface area contributed by atoms with Crippen LogP contribution in [-0.4, -0.2) is 27.5 Å². The fraction of sp³-hybridized carbons (Fsp3) is 0.269. The van der Waals surface area contributed by atoms with Crippen LogP contribution in [0, 0.1) is 0 Å². The molecule has 35 heavy (non-hydrogen) atoms. The van der Waals surface area contributed by atoms with Gasteiger partial charge in [0.2, 0.25) is 0 Å². The Morgan fingerprint density at radius 1 is 1.03 bits per heavy atom. The predicted molar refractivity (Wildman–Crippen MR) is 135 cm³/mol. The highest BCUT2D eigenvalue weighted by molar-refractivity contribution is 6.03. The molecule has 2 aromatic heterocycles. The lowest BCUT2D eigenvalue weighted by molar-refractivity contribution is 0.409. The average molecular weight is 472 g/mol. The topological polar surface area (TPSA) is 125 Å². The molecule has 0 spiro atoms. The molecule has 1 fully saturated rings. The van der Waals surface area contributed by atoms with E-state index < -0.39 is 0 Å². The Balaban J connectivity index is 1.53. The van der Waals surface area contributed by atoms with Crippen molar-refractivity contribution in [2.24, 2.45) is 16.8 Å². The number of benzene rings is 2. The van der Waals surface area contributed by atoms with Crippen molar-refractivity contribution in [2.75, 3.05) is 7.11 Å². The fourth-order valence-corrected chi connectivity index (χ4v) is 4.79. The Morgan fingerprint density at radius 3 is 2.51 bits per heavy atom. The SMILES string of the molecule is COc1cccc(Oc2ccc(-c3cnc4c(C(=NN)NN)cnn4c3C3CCCCC3)cc2)c1. The van der Waals surface area contributed by atoms with Gasteiger partial charge in [0.05, 0.1) is 24.6 Å². The molecule has 1 aliphatic carbocycles. The third-order valence-electron chi connectivity index (χ3n) is 6.52. The van der Waals surface area contributed by atoms with Gasteiger partial charge in [-0.05, 0) is 42.7 Å². The van der Waals surface area contributed by atoms with Crippen LogP contribution in [0.1, 0.15) is 49.3 Å². The first-order valence-electron chi connectivity index (χ1n) is 11.8. The molecule has 9 heteroatoms. The summed E-state index contributed by atoms with van der Waals surface area (Å²) in [5.74, 6) is 14.1. The molecule has 2 aromatic carbocycles. The molecule has 2 heterocycles. The van der Waals surface area contributed by atoms with Crippen molar-refractivity contribution in [3.63, 3.8) is 0 Å². The minimum atomic E-state index is 0.342. The summed E-state index contributed by atoms with van der Waals surface area (Å²) in [5, 5.41) is 8.41. The van der Waals surface area contributed by atoms with Gasteiger partial charge in [-0.2, -0.15) is 10.2 Å². The smallest absolute Gasteiger partial charge is 0.172 e. The van der Waals surface area contributed by atoms with Crippen LogP contribution in [0.15, 0.2) is 66.0 Å². The normalized spacial score (nSPS) is 14.7. The summed E-state index contributed by atoms with van der Waals surface area (Å²) in [6.45, 7) is 0. The average Bonchev–Trinajstić information content (AvgIpc) is 3.34. The second kappa shape index (κ2) is 10.0. The molecule has 5 N–H and O–H groups in total. The Hall–Kier alpha value is -4.11. The van der Waals surface area contributed by atoms with Crippen LogP contribution in [0.2, 0.25) is 0 Å². The molecule has 0 saturated heterocycles. The molecule has 1 aliphatic rings. The third-order valence-corrected chi connectivity index (χ3v) is 6.52. The van der Waals surface area contributed by atoms with E-state index in [0.29, 0.717) is 23.0 Å².